The van der Waals surface area contributed by atoms with Crippen LogP contribution in [0.15, 0.2) is 0 Å². The lowest BCUT2D eigenvalue weighted by molar-refractivity contribution is -0.914. The summed E-state index contributed by atoms with van der Waals surface area (Å²) in [6, 6.07) is 0. The van der Waals surface area contributed by atoms with E-state index in [0.717, 1.165) is 0 Å². The molecule has 0 saturated carbocycles. The second-order valence-corrected chi connectivity index (χ2v) is 11.8. The molecule has 1 aromatic rings. The molecule has 1 aliphatic heterocycles. The van der Waals surface area contributed by atoms with Gasteiger partial charge in [0.2, 0.25) is 0 Å². The Labute approximate surface area is 235 Å². The largest absolute Gasteiger partial charge is 0.868 e. The van der Waals surface area contributed by atoms with Gasteiger partial charge in [0, 0.05) is 0 Å². The summed E-state index contributed by atoms with van der Waals surface area (Å²) in [7, 11) is 2.49. The van der Waals surface area contributed by atoms with E-state index < -0.39 is 34.8 Å². The second kappa shape index (κ2) is 21.4. The van der Waals surface area contributed by atoms with Crippen LogP contribution in [0.3, 0.4) is 0 Å². The molecule has 0 radical (unpaired) electrons. The minimum Gasteiger partial charge on any atom is -0.868 e. The Morgan fingerprint density at radius 3 is 1.15 bits per heavy atom. The fraction of sp³-hybridized carbons (Fsp3) is 0.812. The molecular weight excluding hydrogens is 509 g/mol. The predicted molar refractivity (Wildman–Crippen MR) is 149 cm³/mol. The van der Waals surface area contributed by atoms with Crippen molar-refractivity contribution >= 4 is 0 Å². The molecule has 7 heteroatoms. The maximum atomic E-state index is 12.1. The van der Waals surface area contributed by atoms with Crippen LogP contribution in [0.4, 0.5) is 22.0 Å². The first-order valence-electron chi connectivity index (χ1n) is 15.8. The summed E-state index contributed by atoms with van der Waals surface area (Å²) >= 11 is 0. The van der Waals surface area contributed by atoms with Crippen molar-refractivity contribution in [1.82, 2.24) is 0 Å². The zero-order valence-corrected chi connectivity index (χ0v) is 24.7. The predicted octanol–water partition coefficient (Wildman–Crippen LogP) is 10.1. The van der Waals surface area contributed by atoms with E-state index >= 15 is 0 Å². The minimum atomic E-state index is -2.33. The molecule has 0 amide bonds. The van der Waals surface area contributed by atoms with Gasteiger partial charge in [-0.05, 0) is 37.9 Å². The molecule has 1 saturated heterocycles. The molecule has 0 atom stereocenters. The molecular formula is C32H54F5NO. The van der Waals surface area contributed by atoms with E-state index in [4.69, 9.17) is 0 Å². The van der Waals surface area contributed by atoms with Gasteiger partial charge in [0.15, 0.2) is 29.1 Å². The summed E-state index contributed by atoms with van der Waals surface area (Å²) in [5, 5.41) is 10.2. The van der Waals surface area contributed by atoms with Gasteiger partial charge in [0.05, 0.1) is 26.7 Å². The Kier molecular flexibility index (Phi) is 19.6. The highest BCUT2D eigenvalue weighted by Gasteiger charge is 2.23. The first-order chi connectivity index (χ1) is 18.7. The van der Waals surface area contributed by atoms with E-state index in [1.807, 2.05) is 0 Å². The van der Waals surface area contributed by atoms with Crippen LogP contribution >= 0.6 is 0 Å². The summed E-state index contributed by atoms with van der Waals surface area (Å²) in [5.41, 5.74) is 0. The van der Waals surface area contributed by atoms with Crippen LogP contribution in [0.2, 0.25) is 0 Å². The first-order valence-corrected chi connectivity index (χ1v) is 15.8. The molecule has 1 fully saturated rings. The van der Waals surface area contributed by atoms with Gasteiger partial charge in [-0.2, -0.15) is 0 Å². The molecule has 0 spiro atoms. The lowest BCUT2D eigenvalue weighted by Gasteiger charge is -2.37. The van der Waals surface area contributed by atoms with Gasteiger partial charge in [0.1, 0.15) is 0 Å². The van der Waals surface area contributed by atoms with E-state index in [2.05, 4.69) is 14.0 Å². The van der Waals surface area contributed by atoms with Crippen molar-refractivity contribution < 1.29 is 31.5 Å². The molecule has 39 heavy (non-hydrogen) atoms. The Morgan fingerprint density at radius 2 is 0.795 bits per heavy atom. The highest BCUT2D eigenvalue weighted by atomic mass is 19.2. The van der Waals surface area contributed by atoms with Crippen molar-refractivity contribution in [2.75, 3.05) is 26.7 Å². The molecule has 1 heterocycles. The summed E-state index contributed by atoms with van der Waals surface area (Å²) in [4.78, 5) is 0. The lowest BCUT2D eigenvalue weighted by atomic mass is 10.0. The lowest BCUT2D eigenvalue weighted by Crippen LogP contribution is -2.48. The average Bonchev–Trinajstić information content (AvgIpc) is 2.94. The number of hydrogen-bond donors (Lipinski definition) is 0. The normalized spacial score (nSPS) is 14.7. The number of hydrogen-bond acceptors (Lipinski definition) is 1. The fourth-order valence-electron chi connectivity index (χ4n) is 5.48. The SMILES string of the molecule is CCCCCCCCCCCCCCCCCCCC[N+]1(C)CCCCC1.[O-]c1c(F)c(F)c(F)c(F)c1F. The molecule has 1 aliphatic rings. The van der Waals surface area contributed by atoms with E-state index in [1.54, 1.807) is 0 Å². The number of nitrogens with zero attached hydrogens (tertiary/aromatic N) is 1. The maximum absolute atomic E-state index is 12.1. The third-order valence-electron chi connectivity index (χ3n) is 8.12. The third-order valence-corrected chi connectivity index (χ3v) is 8.12. The summed E-state index contributed by atoms with van der Waals surface area (Å²) in [6.07, 6.45) is 31.0. The highest BCUT2D eigenvalue weighted by molar-refractivity contribution is 5.26. The third kappa shape index (κ3) is 15.3. The summed E-state index contributed by atoms with van der Waals surface area (Å²) in [6.45, 7) is 6.63. The van der Waals surface area contributed by atoms with E-state index in [0.29, 0.717) is 0 Å². The number of piperidine rings is 1. The van der Waals surface area contributed by atoms with Crippen LogP contribution < -0.4 is 5.11 Å². The number of quaternary nitrogens is 1. The molecule has 0 aliphatic carbocycles. The van der Waals surface area contributed by atoms with Gasteiger partial charge in [-0.15, -0.1) is 0 Å². The number of halogens is 5. The highest BCUT2D eigenvalue weighted by Crippen LogP contribution is 2.25. The zero-order valence-electron chi connectivity index (χ0n) is 24.7. The van der Waals surface area contributed by atoms with Crippen LogP contribution in [0.5, 0.6) is 5.75 Å². The van der Waals surface area contributed by atoms with Crippen molar-refractivity contribution in [3.63, 3.8) is 0 Å². The zero-order chi connectivity index (χ0) is 28.9. The van der Waals surface area contributed by atoms with Crippen molar-refractivity contribution in [2.45, 2.75) is 142 Å². The van der Waals surface area contributed by atoms with Gasteiger partial charge >= 0.3 is 0 Å². The van der Waals surface area contributed by atoms with Crippen LogP contribution in [0.1, 0.15) is 142 Å². The van der Waals surface area contributed by atoms with Gasteiger partial charge in [-0.3, -0.25) is 0 Å². The topological polar surface area (TPSA) is 23.1 Å². The van der Waals surface area contributed by atoms with Gasteiger partial charge in [0.25, 0.3) is 0 Å². The molecule has 2 rings (SSSR count). The molecule has 2 nitrogen and oxygen atoms in total. The van der Waals surface area contributed by atoms with Gasteiger partial charge < -0.3 is 9.59 Å². The minimum absolute atomic E-state index is 1.37. The van der Waals surface area contributed by atoms with Gasteiger partial charge in [-0.25, -0.2) is 22.0 Å². The van der Waals surface area contributed by atoms with Crippen LogP contribution in [-0.2, 0) is 0 Å². The number of likely N-dealkylation sites (tertiary alicyclic amines) is 1. The van der Waals surface area contributed by atoms with Gasteiger partial charge in [-0.1, -0.05) is 110 Å². The standard InChI is InChI=1S/C26H54N.C6HF5O/c1-3-4-5-6-7-8-9-10-11-12-13-14-15-16-17-18-19-21-24-27(2)25-22-20-23-26-27;7-1-2(8)4(10)6(12)5(11)3(1)9/h3-26H2,1-2H3;12H/q+1;/p-1. The van der Waals surface area contributed by atoms with Crippen molar-refractivity contribution in [3.8, 4) is 5.75 Å². The second-order valence-electron chi connectivity index (χ2n) is 11.8. The van der Waals surface area contributed by atoms with Crippen molar-refractivity contribution in [1.29, 1.82) is 0 Å². The molecule has 0 unspecified atom stereocenters. The molecule has 228 valence electrons. The van der Waals surface area contributed by atoms with E-state index in [9.17, 15) is 27.1 Å². The van der Waals surface area contributed by atoms with Crippen molar-refractivity contribution in [2.24, 2.45) is 0 Å². The quantitative estimate of drug-likeness (QED) is 0.0540. The van der Waals surface area contributed by atoms with Crippen LogP contribution in [0.25, 0.3) is 0 Å². The Balaban J connectivity index is 0.000000525. The Bertz CT molecular complexity index is 662. The maximum Gasteiger partial charge on any atom is 0.200 e. The van der Waals surface area contributed by atoms with E-state index in [-0.39, 0.29) is 0 Å². The molecule has 0 bridgehead atoms. The van der Waals surface area contributed by atoms with Crippen LogP contribution in [-0.4, -0.2) is 31.2 Å². The van der Waals surface area contributed by atoms with Crippen molar-refractivity contribution in [3.05, 3.63) is 29.1 Å². The summed E-state index contributed by atoms with van der Waals surface area (Å²) in [5.74, 6) is -13.6. The Hall–Kier alpha value is -1.37. The smallest absolute Gasteiger partial charge is 0.200 e. The summed E-state index contributed by atoms with van der Waals surface area (Å²) < 4.78 is 61.8. The fourth-order valence-corrected chi connectivity index (χ4v) is 5.48. The first kappa shape index (κ1) is 35.7. The Morgan fingerprint density at radius 1 is 0.487 bits per heavy atom. The van der Waals surface area contributed by atoms with E-state index in [1.165, 1.54) is 159 Å². The molecule has 0 N–H and O–H groups in total. The monoisotopic (exact) mass is 563 g/mol. The van der Waals surface area contributed by atoms with Crippen LogP contribution in [0, 0.1) is 29.1 Å². The molecule has 0 aromatic heterocycles. The number of unbranched alkanes of at least 4 members (excludes halogenated alkanes) is 17. The average molecular weight is 564 g/mol. The number of rotatable bonds is 19. The number of benzene rings is 1. The molecule has 1 aromatic carbocycles.